The van der Waals surface area contributed by atoms with Gasteiger partial charge in [0.05, 0.1) is 0 Å². The Morgan fingerprint density at radius 2 is 0.553 bits per heavy atom. The van der Waals surface area contributed by atoms with Crippen molar-refractivity contribution in [1.29, 1.82) is 0 Å². The summed E-state index contributed by atoms with van der Waals surface area (Å²) in [6.07, 6.45) is 4.23. The molecule has 0 aromatic heterocycles. The van der Waals surface area contributed by atoms with Gasteiger partial charge in [-0.3, -0.25) is 0 Å². The van der Waals surface area contributed by atoms with Crippen LogP contribution in [0.2, 0.25) is 0 Å². The van der Waals surface area contributed by atoms with E-state index in [0.717, 1.165) is 25.7 Å². The lowest BCUT2D eigenvalue weighted by molar-refractivity contribution is 0.939. The number of para-hydroxylation sites is 2. The predicted octanol–water partition coefficient (Wildman–Crippen LogP) is 8.79. The number of benzene rings is 5. The lowest BCUT2D eigenvalue weighted by Gasteiger charge is -2.19. The van der Waals surface area contributed by atoms with E-state index in [4.69, 9.17) is 0 Å². The topological polar surface area (TPSA) is 6.48 Å². The van der Waals surface area contributed by atoms with E-state index in [2.05, 4.69) is 157 Å². The molecule has 0 heterocycles. The molecule has 2 heteroatoms. The number of rotatable bonds is 10. The van der Waals surface area contributed by atoms with Crippen LogP contribution in [0.4, 0.5) is 22.7 Å². The standard InChI is InChI=1S/C36H36N2/c1-37(33-9-5-3-6-10-33)35-25-21-31(22-26-35)19-17-29-13-15-30(16-14-29)18-20-32-23-27-36(28-24-32)38(2)34-11-7-4-8-12-34/h3-16,21-28H,17-20H2,1-2H3. The third-order valence-electron chi connectivity index (χ3n) is 7.36. The number of aryl methyl sites for hydroxylation is 4. The van der Waals surface area contributed by atoms with Crippen molar-refractivity contribution < 1.29 is 0 Å². The summed E-state index contributed by atoms with van der Waals surface area (Å²) in [6, 6.07) is 48.1. The molecule has 0 spiro atoms. The van der Waals surface area contributed by atoms with Gasteiger partial charge in [0.15, 0.2) is 0 Å². The van der Waals surface area contributed by atoms with Gasteiger partial charge in [0.25, 0.3) is 0 Å². The summed E-state index contributed by atoms with van der Waals surface area (Å²) in [5.74, 6) is 0. The van der Waals surface area contributed by atoms with Crippen LogP contribution in [0.5, 0.6) is 0 Å². The van der Waals surface area contributed by atoms with Crippen LogP contribution in [-0.4, -0.2) is 14.1 Å². The highest BCUT2D eigenvalue weighted by Crippen LogP contribution is 2.25. The SMILES string of the molecule is CN(c1ccccc1)c1ccc(CCc2ccc(CCc3ccc(N(C)c4ccccc4)cc3)cc2)cc1. The fourth-order valence-electron chi connectivity index (χ4n) is 4.82. The molecule has 0 aliphatic heterocycles. The maximum Gasteiger partial charge on any atom is 0.0408 e. The van der Waals surface area contributed by atoms with Crippen molar-refractivity contribution in [3.63, 3.8) is 0 Å². The molecule has 190 valence electrons. The molecule has 0 aliphatic rings. The molecule has 38 heavy (non-hydrogen) atoms. The second-order valence-electron chi connectivity index (χ2n) is 9.94. The summed E-state index contributed by atoms with van der Waals surface area (Å²) in [4.78, 5) is 4.44. The first-order valence-corrected chi connectivity index (χ1v) is 13.5. The van der Waals surface area contributed by atoms with Crippen LogP contribution in [-0.2, 0) is 25.7 Å². The van der Waals surface area contributed by atoms with Crippen LogP contribution in [0.3, 0.4) is 0 Å². The Hall–Kier alpha value is -4.30. The largest absolute Gasteiger partial charge is 0.345 e. The average molecular weight is 497 g/mol. The minimum Gasteiger partial charge on any atom is -0.345 e. The van der Waals surface area contributed by atoms with E-state index in [1.165, 1.54) is 45.0 Å². The molecule has 2 nitrogen and oxygen atoms in total. The van der Waals surface area contributed by atoms with Crippen LogP contribution in [0.15, 0.2) is 133 Å². The van der Waals surface area contributed by atoms with Crippen molar-refractivity contribution in [3.05, 3.63) is 156 Å². The van der Waals surface area contributed by atoms with E-state index in [1.807, 2.05) is 0 Å². The van der Waals surface area contributed by atoms with Crippen LogP contribution in [0, 0.1) is 0 Å². The van der Waals surface area contributed by atoms with Crippen molar-refractivity contribution in [1.82, 2.24) is 0 Å². The summed E-state index contributed by atoms with van der Waals surface area (Å²) < 4.78 is 0. The molecule has 0 atom stereocenters. The lowest BCUT2D eigenvalue weighted by Crippen LogP contribution is -2.09. The molecule has 0 saturated carbocycles. The summed E-state index contributed by atoms with van der Waals surface area (Å²) in [5, 5.41) is 0. The Kier molecular flexibility index (Phi) is 8.20. The molecule has 0 unspecified atom stereocenters. The van der Waals surface area contributed by atoms with Gasteiger partial charge in [-0.2, -0.15) is 0 Å². The number of anilines is 4. The zero-order valence-corrected chi connectivity index (χ0v) is 22.4. The summed E-state index contributed by atoms with van der Waals surface area (Å²) in [7, 11) is 4.23. The number of hydrogen-bond donors (Lipinski definition) is 0. The van der Waals surface area contributed by atoms with Crippen LogP contribution < -0.4 is 9.80 Å². The fraction of sp³-hybridized carbons (Fsp3) is 0.167. The van der Waals surface area contributed by atoms with E-state index in [1.54, 1.807) is 0 Å². The fourth-order valence-corrected chi connectivity index (χ4v) is 4.82. The van der Waals surface area contributed by atoms with Gasteiger partial charge < -0.3 is 9.80 Å². The Labute approximate surface area is 227 Å². The zero-order valence-electron chi connectivity index (χ0n) is 22.4. The van der Waals surface area contributed by atoms with E-state index < -0.39 is 0 Å². The molecule has 0 amide bonds. The molecule has 5 aromatic rings. The molecule has 0 aliphatic carbocycles. The predicted molar refractivity (Wildman–Crippen MR) is 163 cm³/mol. The van der Waals surface area contributed by atoms with Crippen LogP contribution in [0.1, 0.15) is 22.3 Å². The second kappa shape index (κ2) is 12.3. The molecule has 0 fully saturated rings. The normalized spacial score (nSPS) is 10.8. The van der Waals surface area contributed by atoms with Gasteiger partial charge in [-0.1, -0.05) is 84.9 Å². The van der Waals surface area contributed by atoms with Gasteiger partial charge in [-0.25, -0.2) is 0 Å². The molecule has 5 aromatic carbocycles. The lowest BCUT2D eigenvalue weighted by atomic mass is 10.00. The maximum atomic E-state index is 2.30. The highest BCUT2D eigenvalue weighted by molar-refractivity contribution is 5.63. The second-order valence-corrected chi connectivity index (χ2v) is 9.94. The Bertz CT molecular complexity index is 1280. The van der Waals surface area contributed by atoms with Gasteiger partial charge in [0.2, 0.25) is 0 Å². The van der Waals surface area contributed by atoms with E-state index in [-0.39, 0.29) is 0 Å². The van der Waals surface area contributed by atoms with Gasteiger partial charge in [0, 0.05) is 36.8 Å². The van der Waals surface area contributed by atoms with Crippen molar-refractivity contribution in [2.75, 3.05) is 23.9 Å². The minimum absolute atomic E-state index is 1.05. The van der Waals surface area contributed by atoms with Gasteiger partial charge in [0.1, 0.15) is 0 Å². The van der Waals surface area contributed by atoms with Gasteiger partial charge in [-0.15, -0.1) is 0 Å². The third kappa shape index (κ3) is 6.52. The van der Waals surface area contributed by atoms with Crippen LogP contribution in [0.25, 0.3) is 0 Å². The first-order valence-electron chi connectivity index (χ1n) is 13.5. The van der Waals surface area contributed by atoms with Crippen LogP contribution >= 0.6 is 0 Å². The van der Waals surface area contributed by atoms with Crippen molar-refractivity contribution in [2.45, 2.75) is 25.7 Å². The molecule has 5 rings (SSSR count). The number of nitrogens with zero attached hydrogens (tertiary/aromatic N) is 2. The Morgan fingerprint density at radius 1 is 0.316 bits per heavy atom. The maximum absolute atomic E-state index is 2.30. The summed E-state index contributed by atoms with van der Waals surface area (Å²) in [5.41, 5.74) is 10.4. The quantitative estimate of drug-likeness (QED) is 0.191. The third-order valence-corrected chi connectivity index (χ3v) is 7.36. The zero-order chi connectivity index (χ0) is 26.2. The summed E-state index contributed by atoms with van der Waals surface area (Å²) >= 11 is 0. The molecule has 0 radical (unpaired) electrons. The molecular weight excluding hydrogens is 460 g/mol. The Morgan fingerprint density at radius 3 is 0.842 bits per heavy atom. The average Bonchev–Trinajstić information content (AvgIpc) is 3.00. The molecule has 0 bridgehead atoms. The minimum atomic E-state index is 1.05. The van der Waals surface area contributed by atoms with Crippen molar-refractivity contribution >= 4 is 22.7 Å². The molecule has 0 N–H and O–H groups in total. The van der Waals surface area contributed by atoms with E-state index in [0.29, 0.717) is 0 Å². The van der Waals surface area contributed by atoms with E-state index >= 15 is 0 Å². The molecular formula is C36H36N2. The highest BCUT2D eigenvalue weighted by atomic mass is 15.1. The van der Waals surface area contributed by atoms with E-state index in [9.17, 15) is 0 Å². The Balaban J connectivity index is 1.10. The monoisotopic (exact) mass is 496 g/mol. The van der Waals surface area contributed by atoms with Gasteiger partial charge >= 0.3 is 0 Å². The van der Waals surface area contributed by atoms with Crippen molar-refractivity contribution in [2.24, 2.45) is 0 Å². The first-order chi connectivity index (χ1) is 18.7. The molecule has 0 saturated heterocycles. The highest BCUT2D eigenvalue weighted by Gasteiger charge is 2.05. The van der Waals surface area contributed by atoms with Gasteiger partial charge in [-0.05, 0) is 96.5 Å². The first kappa shape index (κ1) is 25.4. The van der Waals surface area contributed by atoms with Crippen molar-refractivity contribution in [3.8, 4) is 0 Å². The summed E-state index contributed by atoms with van der Waals surface area (Å²) in [6.45, 7) is 0. The smallest absolute Gasteiger partial charge is 0.0408 e. The number of hydrogen-bond acceptors (Lipinski definition) is 2.